The first-order valence-corrected chi connectivity index (χ1v) is 13.1. The third-order valence-corrected chi connectivity index (χ3v) is 6.69. The largest absolute Gasteiger partial charge is 0.437 e. The molecule has 1 aliphatic heterocycles. The summed E-state index contributed by atoms with van der Waals surface area (Å²) < 4.78 is 44.1. The molecule has 1 unspecified atom stereocenters. The lowest BCUT2D eigenvalue weighted by Crippen LogP contribution is -2.38. The number of ether oxygens (including phenoxy) is 1. The van der Waals surface area contributed by atoms with E-state index in [0.717, 1.165) is 53.5 Å². The van der Waals surface area contributed by atoms with Crippen molar-refractivity contribution in [3.63, 3.8) is 0 Å². The summed E-state index contributed by atoms with van der Waals surface area (Å²) in [5.74, 6) is 1.59. The van der Waals surface area contributed by atoms with Crippen LogP contribution in [-0.4, -0.2) is 46.8 Å². The Labute approximate surface area is 225 Å². The van der Waals surface area contributed by atoms with Crippen molar-refractivity contribution in [1.82, 2.24) is 20.3 Å². The maximum Gasteiger partial charge on any atom is 0.389 e. The molecular weight excluding hydrogens is 505 g/mol. The molecule has 1 fully saturated rings. The second-order valence-electron chi connectivity index (χ2n) is 9.67. The predicted molar refractivity (Wildman–Crippen MR) is 147 cm³/mol. The van der Waals surface area contributed by atoms with Crippen molar-refractivity contribution < 1.29 is 17.9 Å². The Kier molecular flexibility index (Phi) is 8.11. The quantitative estimate of drug-likeness (QED) is 0.205. The van der Waals surface area contributed by atoms with E-state index in [0.29, 0.717) is 23.3 Å². The van der Waals surface area contributed by atoms with Gasteiger partial charge < -0.3 is 20.7 Å². The first-order chi connectivity index (χ1) is 18.9. The van der Waals surface area contributed by atoms with E-state index in [2.05, 4.69) is 25.9 Å². The van der Waals surface area contributed by atoms with Crippen LogP contribution in [0.15, 0.2) is 60.9 Å². The van der Waals surface area contributed by atoms with Gasteiger partial charge in [0.15, 0.2) is 0 Å². The average Bonchev–Trinajstić information content (AvgIpc) is 2.93. The van der Waals surface area contributed by atoms with Crippen LogP contribution in [0.25, 0.3) is 22.0 Å². The van der Waals surface area contributed by atoms with E-state index >= 15 is 0 Å². The summed E-state index contributed by atoms with van der Waals surface area (Å²) in [6.07, 6.45) is 0.567. The molecule has 2 aromatic heterocycles. The molecule has 0 aliphatic carbocycles. The van der Waals surface area contributed by atoms with Crippen LogP contribution in [0.5, 0.6) is 11.6 Å². The highest BCUT2D eigenvalue weighted by Gasteiger charge is 2.26. The summed E-state index contributed by atoms with van der Waals surface area (Å²) in [5, 5.41) is 11.6. The van der Waals surface area contributed by atoms with E-state index in [4.69, 9.17) is 9.72 Å². The second-order valence-corrected chi connectivity index (χ2v) is 9.67. The zero-order valence-corrected chi connectivity index (χ0v) is 21.7. The summed E-state index contributed by atoms with van der Waals surface area (Å²) in [6, 6.07) is 15.4. The molecule has 4 aromatic rings. The molecule has 0 radical (unpaired) electrons. The van der Waals surface area contributed by atoms with Gasteiger partial charge in [0.1, 0.15) is 5.75 Å². The number of pyridine rings is 1. The van der Waals surface area contributed by atoms with Crippen LogP contribution in [0, 0.1) is 6.92 Å². The number of nitrogens with one attached hydrogen (secondary N) is 3. The van der Waals surface area contributed by atoms with Crippen molar-refractivity contribution in [3.05, 3.63) is 66.5 Å². The Morgan fingerprint density at radius 3 is 2.74 bits per heavy atom. The highest BCUT2D eigenvalue weighted by Crippen LogP contribution is 2.38. The Morgan fingerprint density at radius 1 is 1.03 bits per heavy atom. The highest BCUT2D eigenvalue weighted by molar-refractivity contribution is 5.98. The van der Waals surface area contributed by atoms with Gasteiger partial charge in [0.05, 0.1) is 11.3 Å². The molecule has 1 aliphatic rings. The number of halogens is 3. The number of rotatable bonds is 9. The molecular formula is C29H31F3N6O. The molecule has 7 nitrogen and oxygen atoms in total. The first kappa shape index (κ1) is 26.7. The van der Waals surface area contributed by atoms with Crippen LogP contribution in [0.1, 0.15) is 31.2 Å². The number of anilines is 2. The maximum absolute atomic E-state index is 12.6. The number of fused-ring (bicyclic) bond motifs is 1. The Balaban J connectivity index is 1.41. The van der Waals surface area contributed by atoms with Crippen LogP contribution in [0.4, 0.5) is 24.8 Å². The van der Waals surface area contributed by atoms with Gasteiger partial charge in [0.2, 0.25) is 11.8 Å². The third-order valence-electron chi connectivity index (χ3n) is 6.69. The number of benzene rings is 2. The molecule has 0 saturated carbocycles. The molecule has 5 rings (SSSR count). The molecule has 0 bridgehead atoms. The summed E-state index contributed by atoms with van der Waals surface area (Å²) in [6.45, 7) is 4.06. The highest BCUT2D eigenvalue weighted by atomic mass is 19.4. The zero-order valence-electron chi connectivity index (χ0n) is 21.7. The van der Waals surface area contributed by atoms with Crippen molar-refractivity contribution in [2.45, 2.75) is 44.8 Å². The van der Waals surface area contributed by atoms with Crippen molar-refractivity contribution in [3.8, 4) is 22.9 Å². The van der Waals surface area contributed by atoms with Gasteiger partial charge in [0, 0.05) is 54.4 Å². The predicted octanol–water partition coefficient (Wildman–Crippen LogP) is 6.71. The molecule has 1 saturated heterocycles. The summed E-state index contributed by atoms with van der Waals surface area (Å²) in [7, 11) is 0. The van der Waals surface area contributed by atoms with Crippen LogP contribution in [0.2, 0.25) is 0 Å². The number of piperidine rings is 1. The van der Waals surface area contributed by atoms with Crippen LogP contribution in [0.3, 0.4) is 0 Å². The molecule has 39 heavy (non-hydrogen) atoms. The maximum atomic E-state index is 12.6. The first-order valence-electron chi connectivity index (χ1n) is 13.1. The Bertz CT molecular complexity index is 1420. The normalized spacial score (nSPS) is 15.7. The smallest absolute Gasteiger partial charge is 0.389 e. The van der Waals surface area contributed by atoms with Crippen molar-refractivity contribution in [2.75, 3.05) is 30.3 Å². The number of hydrogen-bond donors (Lipinski definition) is 3. The minimum absolute atomic E-state index is 0.000557. The topological polar surface area (TPSA) is 84.0 Å². The van der Waals surface area contributed by atoms with Gasteiger partial charge in [-0.05, 0) is 62.6 Å². The fourth-order valence-electron chi connectivity index (χ4n) is 4.74. The van der Waals surface area contributed by atoms with Crippen molar-refractivity contribution in [2.24, 2.45) is 0 Å². The second kappa shape index (κ2) is 11.9. The van der Waals surface area contributed by atoms with Crippen LogP contribution >= 0.6 is 0 Å². The molecule has 1 atom stereocenters. The van der Waals surface area contributed by atoms with Gasteiger partial charge in [-0.15, -0.1) is 0 Å². The van der Waals surface area contributed by atoms with E-state index in [1.165, 1.54) is 0 Å². The van der Waals surface area contributed by atoms with Gasteiger partial charge in [-0.2, -0.15) is 13.2 Å². The lowest BCUT2D eigenvalue weighted by Gasteiger charge is -2.23. The minimum Gasteiger partial charge on any atom is -0.437 e. The van der Waals surface area contributed by atoms with Crippen LogP contribution in [-0.2, 0) is 0 Å². The van der Waals surface area contributed by atoms with E-state index in [-0.39, 0.29) is 19.0 Å². The molecule has 0 spiro atoms. The lowest BCUT2D eigenvalue weighted by atomic mass is 10.0. The fourth-order valence-corrected chi connectivity index (χ4v) is 4.74. The lowest BCUT2D eigenvalue weighted by molar-refractivity contribution is -0.134. The molecule has 0 amide bonds. The van der Waals surface area contributed by atoms with E-state index in [9.17, 15) is 13.2 Å². The van der Waals surface area contributed by atoms with Gasteiger partial charge in [-0.25, -0.2) is 15.0 Å². The monoisotopic (exact) mass is 536 g/mol. The standard InChI is InChI=1S/C29H31F3N6O/c1-19-10-11-21-22(7-2-9-24(21)34-16-5-13-29(30,31)32)26(19)39-27-23(8-4-15-35-27)25-12-17-36-28(38-25)37-20-6-3-14-33-18-20/h2,4,7-12,15,17,20,33-34H,3,5-6,13-14,16,18H2,1H3,(H,36,37,38). The van der Waals surface area contributed by atoms with Gasteiger partial charge in [-0.1, -0.05) is 24.3 Å². The van der Waals surface area contributed by atoms with E-state index in [1.807, 2.05) is 55.5 Å². The molecule has 10 heteroatoms. The number of aromatic nitrogens is 3. The van der Waals surface area contributed by atoms with E-state index < -0.39 is 12.6 Å². The summed E-state index contributed by atoms with van der Waals surface area (Å²) >= 11 is 0. The number of aryl methyl sites for hydroxylation is 1. The van der Waals surface area contributed by atoms with Crippen LogP contribution < -0.4 is 20.7 Å². The zero-order chi connectivity index (χ0) is 27.2. The van der Waals surface area contributed by atoms with Crippen molar-refractivity contribution >= 4 is 22.4 Å². The number of alkyl halides is 3. The minimum atomic E-state index is -4.16. The summed E-state index contributed by atoms with van der Waals surface area (Å²) in [4.78, 5) is 13.7. The summed E-state index contributed by atoms with van der Waals surface area (Å²) in [5.41, 5.74) is 3.07. The number of hydrogen-bond acceptors (Lipinski definition) is 7. The third kappa shape index (κ3) is 6.75. The molecule has 3 heterocycles. The van der Waals surface area contributed by atoms with Gasteiger partial charge in [0.25, 0.3) is 0 Å². The molecule has 204 valence electrons. The van der Waals surface area contributed by atoms with E-state index in [1.54, 1.807) is 12.4 Å². The average molecular weight is 537 g/mol. The fraction of sp³-hybridized carbons (Fsp3) is 0.345. The number of nitrogens with zero attached hydrogens (tertiary/aromatic N) is 3. The Morgan fingerprint density at radius 2 is 1.92 bits per heavy atom. The van der Waals surface area contributed by atoms with Gasteiger partial charge in [-0.3, -0.25) is 0 Å². The SMILES string of the molecule is Cc1ccc2c(NCCCC(F)(F)F)cccc2c1Oc1ncccc1-c1ccnc(NC2CCCNC2)n1. The molecule has 2 aromatic carbocycles. The van der Waals surface area contributed by atoms with Gasteiger partial charge >= 0.3 is 6.18 Å². The van der Waals surface area contributed by atoms with Crippen molar-refractivity contribution in [1.29, 1.82) is 0 Å². The Hall–Kier alpha value is -3.92. The molecule has 3 N–H and O–H groups in total.